The molecule has 1 heterocycles. The molecule has 1 aliphatic rings. The molecule has 0 amide bonds. The van der Waals surface area contributed by atoms with Crippen LogP contribution in [0.25, 0.3) is 0 Å². The lowest BCUT2D eigenvalue weighted by Gasteiger charge is -2.23. The van der Waals surface area contributed by atoms with E-state index in [-0.39, 0.29) is 0 Å². The van der Waals surface area contributed by atoms with E-state index < -0.39 is 0 Å². The van der Waals surface area contributed by atoms with Crippen molar-refractivity contribution in [1.29, 1.82) is 0 Å². The number of hydrogen-bond acceptors (Lipinski definition) is 2. The molecule has 0 bridgehead atoms. The zero-order valence-corrected chi connectivity index (χ0v) is 7.17. The molecule has 0 spiro atoms. The van der Waals surface area contributed by atoms with Crippen LogP contribution in [0.2, 0.25) is 0 Å². The number of rotatable bonds is 0. The zero-order chi connectivity index (χ0) is 8.55. The van der Waals surface area contributed by atoms with Crippen LogP contribution in [0.3, 0.4) is 0 Å². The van der Waals surface area contributed by atoms with Gasteiger partial charge in [0.15, 0.2) is 0 Å². The summed E-state index contributed by atoms with van der Waals surface area (Å²) in [5.74, 6) is 0.930. The van der Waals surface area contributed by atoms with Crippen LogP contribution < -0.4 is 5.32 Å². The highest BCUT2D eigenvalue weighted by atomic mass is 16.3. The SMILES string of the molecule is CC1CNCc2cc(O)ccc21. The predicted molar refractivity (Wildman–Crippen MR) is 48.2 cm³/mol. The van der Waals surface area contributed by atoms with Crippen molar-refractivity contribution in [3.05, 3.63) is 29.3 Å². The van der Waals surface area contributed by atoms with E-state index in [2.05, 4.69) is 12.2 Å². The lowest BCUT2D eigenvalue weighted by molar-refractivity contribution is 0.471. The number of phenolic OH excluding ortho intramolecular Hbond substituents is 1. The molecule has 12 heavy (non-hydrogen) atoms. The highest BCUT2D eigenvalue weighted by Gasteiger charge is 2.15. The molecule has 0 saturated heterocycles. The number of phenols is 1. The minimum Gasteiger partial charge on any atom is -0.508 e. The molecular weight excluding hydrogens is 150 g/mol. The van der Waals surface area contributed by atoms with Gasteiger partial charge >= 0.3 is 0 Å². The zero-order valence-electron chi connectivity index (χ0n) is 7.17. The second-order valence-corrected chi connectivity index (χ2v) is 3.42. The van der Waals surface area contributed by atoms with Crippen molar-refractivity contribution in [2.45, 2.75) is 19.4 Å². The fourth-order valence-corrected chi connectivity index (χ4v) is 1.76. The molecule has 1 unspecified atom stereocenters. The summed E-state index contributed by atoms with van der Waals surface area (Å²) in [5, 5.41) is 12.6. The Kier molecular flexibility index (Phi) is 1.77. The molecule has 1 atom stereocenters. The van der Waals surface area contributed by atoms with Gasteiger partial charge in [-0.3, -0.25) is 0 Å². The second kappa shape index (κ2) is 2.79. The Hall–Kier alpha value is -1.02. The van der Waals surface area contributed by atoms with E-state index in [9.17, 15) is 5.11 Å². The Balaban J connectivity index is 2.46. The topological polar surface area (TPSA) is 32.3 Å². The first-order chi connectivity index (χ1) is 5.77. The van der Waals surface area contributed by atoms with E-state index >= 15 is 0 Å². The van der Waals surface area contributed by atoms with Gasteiger partial charge in [-0.25, -0.2) is 0 Å². The monoisotopic (exact) mass is 163 g/mol. The first-order valence-electron chi connectivity index (χ1n) is 4.30. The summed E-state index contributed by atoms with van der Waals surface area (Å²) in [6, 6.07) is 5.63. The summed E-state index contributed by atoms with van der Waals surface area (Å²) >= 11 is 0. The number of hydrogen-bond donors (Lipinski definition) is 2. The highest BCUT2D eigenvalue weighted by molar-refractivity contribution is 5.38. The minimum atomic E-state index is 0.365. The van der Waals surface area contributed by atoms with Crippen molar-refractivity contribution in [2.24, 2.45) is 0 Å². The van der Waals surface area contributed by atoms with Gasteiger partial charge < -0.3 is 10.4 Å². The number of nitrogens with one attached hydrogen (secondary N) is 1. The van der Waals surface area contributed by atoms with Gasteiger partial charge in [-0.2, -0.15) is 0 Å². The first-order valence-corrected chi connectivity index (χ1v) is 4.30. The third-order valence-electron chi connectivity index (χ3n) is 2.42. The molecule has 2 heteroatoms. The fraction of sp³-hybridized carbons (Fsp3) is 0.400. The van der Waals surface area contributed by atoms with E-state index in [4.69, 9.17) is 0 Å². The van der Waals surface area contributed by atoms with E-state index in [0.29, 0.717) is 11.7 Å². The van der Waals surface area contributed by atoms with Crippen LogP contribution in [0.1, 0.15) is 24.0 Å². The maximum Gasteiger partial charge on any atom is 0.115 e. The number of aromatic hydroxyl groups is 1. The Morgan fingerprint density at radius 1 is 1.50 bits per heavy atom. The van der Waals surface area contributed by atoms with Crippen LogP contribution in [0.4, 0.5) is 0 Å². The normalized spacial score (nSPS) is 21.9. The van der Waals surface area contributed by atoms with Crippen molar-refractivity contribution in [3.8, 4) is 5.75 Å². The van der Waals surface area contributed by atoms with Gasteiger partial charge in [-0.05, 0) is 29.2 Å². The van der Waals surface area contributed by atoms with Gasteiger partial charge in [0.25, 0.3) is 0 Å². The van der Waals surface area contributed by atoms with Crippen LogP contribution in [0.15, 0.2) is 18.2 Å². The van der Waals surface area contributed by atoms with Gasteiger partial charge in [0, 0.05) is 13.1 Å². The molecule has 0 aromatic heterocycles. The van der Waals surface area contributed by atoms with E-state index in [1.54, 1.807) is 6.07 Å². The standard InChI is InChI=1S/C10H13NO/c1-7-5-11-6-8-4-9(12)2-3-10(7)8/h2-4,7,11-12H,5-6H2,1H3. The Morgan fingerprint density at radius 2 is 2.33 bits per heavy atom. The summed E-state index contributed by atoms with van der Waals surface area (Å²) in [4.78, 5) is 0. The second-order valence-electron chi connectivity index (χ2n) is 3.42. The van der Waals surface area contributed by atoms with Crippen molar-refractivity contribution >= 4 is 0 Å². The molecule has 0 saturated carbocycles. The molecule has 0 radical (unpaired) electrons. The molecule has 2 nitrogen and oxygen atoms in total. The molecule has 1 aliphatic heterocycles. The summed E-state index contributed by atoms with van der Waals surface area (Å²) < 4.78 is 0. The molecule has 2 N–H and O–H groups in total. The van der Waals surface area contributed by atoms with Gasteiger partial charge in [0.1, 0.15) is 5.75 Å². The van der Waals surface area contributed by atoms with Gasteiger partial charge in [0.2, 0.25) is 0 Å². The number of fused-ring (bicyclic) bond motifs is 1. The molecule has 0 fully saturated rings. The molecular formula is C10H13NO. The highest BCUT2D eigenvalue weighted by Crippen LogP contribution is 2.26. The van der Waals surface area contributed by atoms with E-state index in [1.165, 1.54) is 11.1 Å². The van der Waals surface area contributed by atoms with Crippen LogP contribution >= 0.6 is 0 Å². The third kappa shape index (κ3) is 1.18. The summed E-state index contributed by atoms with van der Waals surface area (Å²) in [6.07, 6.45) is 0. The summed E-state index contributed by atoms with van der Waals surface area (Å²) in [7, 11) is 0. The maximum atomic E-state index is 9.25. The number of benzene rings is 1. The van der Waals surface area contributed by atoms with Gasteiger partial charge in [-0.15, -0.1) is 0 Å². The molecule has 0 aliphatic carbocycles. The molecule has 1 aromatic carbocycles. The van der Waals surface area contributed by atoms with Crippen LogP contribution in [-0.4, -0.2) is 11.7 Å². The molecule has 2 rings (SSSR count). The Labute approximate surface area is 72.2 Å². The van der Waals surface area contributed by atoms with Crippen molar-refractivity contribution in [2.75, 3.05) is 6.54 Å². The maximum absolute atomic E-state index is 9.25. The van der Waals surface area contributed by atoms with Gasteiger partial charge in [0.05, 0.1) is 0 Å². The first kappa shape index (κ1) is 7.62. The van der Waals surface area contributed by atoms with E-state index in [1.807, 2.05) is 12.1 Å². The summed E-state index contributed by atoms with van der Waals surface area (Å²) in [5.41, 5.74) is 2.60. The van der Waals surface area contributed by atoms with Gasteiger partial charge in [-0.1, -0.05) is 13.0 Å². The van der Waals surface area contributed by atoms with Crippen molar-refractivity contribution in [3.63, 3.8) is 0 Å². The predicted octanol–water partition coefficient (Wildman–Crippen LogP) is 1.60. The molecule has 1 aromatic rings. The minimum absolute atomic E-state index is 0.365. The van der Waals surface area contributed by atoms with Crippen molar-refractivity contribution in [1.82, 2.24) is 5.32 Å². The smallest absolute Gasteiger partial charge is 0.115 e. The van der Waals surface area contributed by atoms with Crippen molar-refractivity contribution < 1.29 is 5.11 Å². The lowest BCUT2D eigenvalue weighted by atomic mass is 9.92. The Bertz CT molecular complexity index is 296. The molecule has 64 valence electrons. The van der Waals surface area contributed by atoms with Crippen LogP contribution in [0, 0.1) is 0 Å². The largest absolute Gasteiger partial charge is 0.508 e. The summed E-state index contributed by atoms with van der Waals surface area (Å²) in [6.45, 7) is 4.12. The fourth-order valence-electron chi connectivity index (χ4n) is 1.76. The lowest BCUT2D eigenvalue weighted by Crippen LogP contribution is -2.26. The third-order valence-corrected chi connectivity index (χ3v) is 2.42. The Morgan fingerprint density at radius 3 is 3.17 bits per heavy atom. The van der Waals surface area contributed by atoms with Crippen LogP contribution in [0.5, 0.6) is 5.75 Å². The van der Waals surface area contributed by atoms with Crippen LogP contribution in [-0.2, 0) is 6.54 Å². The van der Waals surface area contributed by atoms with E-state index in [0.717, 1.165) is 13.1 Å². The average molecular weight is 163 g/mol. The average Bonchev–Trinajstić information content (AvgIpc) is 2.04. The quantitative estimate of drug-likeness (QED) is 0.609.